The lowest BCUT2D eigenvalue weighted by Gasteiger charge is -2.08. The quantitative estimate of drug-likeness (QED) is 0.778. The maximum atomic E-state index is 13.6. The lowest BCUT2D eigenvalue weighted by atomic mass is 10.1. The standard InChI is InChI=1S/C14H10F2OS2/c15-9-2-1-3-10(16)13(9)14(17)12-6-8-7-18-5-4-11(8)19-12/h1-3,6H,4-5,7H2. The second kappa shape index (κ2) is 5.06. The highest BCUT2D eigenvalue weighted by molar-refractivity contribution is 7.98. The van der Waals surface area contributed by atoms with E-state index in [1.54, 1.807) is 6.07 Å². The maximum Gasteiger partial charge on any atom is 0.208 e. The molecule has 1 aromatic carbocycles. The smallest absolute Gasteiger partial charge is 0.208 e. The molecule has 0 amide bonds. The molecule has 5 heteroatoms. The number of halogens is 2. The molecule has 1 aliphatic rings. The molecule has 98 valence electrons. The lowest BCUT2D eigenvalue weighted by molar-refractivity contribution is 0.103. The normalized spacial score (nSPS) is 14.2. The zero-order chi connectivity index (χ0) is 13.4. The van der Waals surface area contributed by atoms with Gasteiger partial charge in [-0.05, 0) is 35.9 Å². The Hall–Kier alpha value is -1.20. The number of carbonyl (C=O) groups is 1. The summed E-state index contributed by atoms with van der Waals surface area (Å²) in [5.41, 5.74) is 0.676. The highest BCUT2D eigenvalue weighted by Crippen LogP contribution is 2.33. The van der Waals surface area contributed by atoms with Crippen molar-refractivity contribution in [3.63, 3.8) is 0 Å². The molecule has 0 saturated carbocycles. The Labute approximate surface area is 117 Å². The Morgan fingerprint density at radius 3 is 2.63 bits per heavy atom. The molecular weight excluding hydrogens is 286 g/mol. The predicted molar refractivity (Wildman–Crippen MR) is 74.0 cm³/mol. The van der Waals surface area contributed by atoms with Gasteiger partial charge in [0.25, 0.3) is 0 Å². The van der Waals surface area contributed by atoms with Gasteiger partial charge in [0.15, 0.2) is 0 Å². The first kappa shape index (κ1) is 12.8. The first-order chi connectivity index (χ1) is 9.16. The highest BCUT2D eigenvalue weighted by Gasteiger charge is 2.23. The van der Waals surface area contributed by atoms with Crippen LogP contribution in [0.5, 0.6) is 0 Å². The second-order valence-electron chi connectivity index (χ2n) is 4.29. The second-order valence-corrected chi connectivity index (χ2v) is 6.53. The van der Waals surface area contributed by atoms with Crippen molar-refractivity contribution in [3.05, 3.63) is 56.8 Å². The highest BCUT2D eigenvalue weighted by atomic mass is 32.2. The topological polar surface area (TPSA) is 17.1 Å². The minimum atomic E-state index is -0.800. The fraction of sp³-hybridized carbons (Fsp3) is 0.214. The van der Waals surface area contributed by atoms with Gasteiger partial charge in [-0.3, -0.25) is 4.79 Å². The molecule has 3 rings (SSSR count). The van der Waals surface area contributed by atoms with Gasteiger partial charge < -0.3 is 0 Å². The van der Waals surface area contributed by atoms with Gasteiger partial charge in [-0.15, -0.1) is 11.3 Å². The molecule has 0 spiro atoms. The molecule has 2 aromatic rings. The molecule has 0 fully saturated rings. The van der Waals surface area contributed by atoms with Crippen LogP contribution >= 0.6 is 23.1 Å². The summed E-state index contributed by atoms with van der Waals surface area (Å²) in [5.74, 6) is -0.245. The van der Waals surface area contributed by atoms with Crippen LogP contribution in [0.4, 0.5) is 8.78 Å². The minimum absolute atomic E-state index is 0.427. The van der Waals surface area contributed by atoms with Crippen molar-refractivity contribution >= 4 is 28.9 Å². The van der Waals surface area contributed by atoms with Gasteiger partial charge in [0.1, 0.15) is 11.6 Å². The van der Waals surface area contributed by atoms with Crippen molar-refractivity contribution < 1.29 is 13.6 Å². The van der Waals surface area contributed by atoms with Gasteiger partial charge in [-0.25, -0.2) is 8.78 Å². The van der Waals surface area contributed by atoms with Gasteiger partial charge in [0, 0.05) is 10.6 Å². The summed E-state index contributed by atoms with van der Waals surface area (Å²) in [6.45, 7) is 0. The van der Waals surface area contributed by atoms with E-state index in [4.69, 9.17) is 0 Å². The summed E-state index contributed by atoms with van der Waals surface area (Å²) in [7, 11) is 0. The molecule has 1 nitrogen and oxygen atoms in total. The number of hydrogen-bond acceptors (Lipinski definition) is 3. The first-order valence-electron chi connectivity index (χ1n) is 5.85. The van der Waals surface area contributed by atoms with E-state index in [9.17, 15) is 13.6 Å². The molecule has 0 aliphatic carbocycles. The zero-order valence-corrected chi connectivity index (χ0v) is 11.5. The van der Waals surface area contributed by atoms with Crippen LogP contribution in [0.1, 0.15) is 25.7 Å². The summed E-state index contributed by atoms with van der Waals surface area (Å²) in [6, 6.07) is 5.26. The summed E-state index contributed by atoms with van der Waals surface area (Å²) in [5, 5.41) is 0. The van der Waals surface area contributed by atoms with Crippen molar-refractivity contribution in [2.24, 2.45) is 0 Å². The van der Waals surface area contributed by atoms with Gasteiger partial charge >= 0.3 is 0 Å². The maximum absolute atomic E-state index is 13.6. The van der Waals surface area contributed by atoms with Gasteiger partial charge in [-0.2, -0.15) is 11.8 Å². The number of carbonyl (C=O) groups excluding carboxylic acids is 1. The number of benzene rings is 1. The van der Waals surface area contributed by atoms with Gasteiger partial charge in [-0.1, -0.05) is 6.07 Å². The monoisotopic (exact) mass is 296 g/mol. The van der Waals surface area contributed by atoms with Gasteiger partial charge in [0.2, 0.25) is 5.78 Å². The van der Waals surface area contributed by atoms with Crippen LogP contribution < -0.4 is 0 Å². The fourth-order valence-corrected chi connectivity index (χ4v) is 4.42. The number of thioether (sulfide) groups is 1. The summed E-state index contributed by atoms with van der Waals surface area (Å²) < 4.78 is 27.2. The predicted octanol–water partition coefficient (Wildman–Crippen LogP) is 4.05. The summed E-state index contributed by atoms with van der Waals surface area (Å²) in [4.78, 5) is 13.8. The third-order valence-corrected chi connectivity index (χ3v) is 5.29. The summed E-state index contributed by atoms with van der Waals surface area (Å²) >= 11 is 3.17. The van der Waals surface area contributed by atoms with Crippen molar-refractivity contribution in [2.75, 3.05) is 5.75 Å². The minimum Gasteiger partial charge on any atom is -0.287 e. The molecule has 1 aromatic heterocycles. The molecule has 0 N–H and O–H groups in total. The number of ketones is 1. The van der Waals surface area contributed by atoms with Crippen molar-refractivity contribution in [1.82, 2.24) is 0 Å². The Morgan fingerprint density at radius 1 is 1.21 bits per heavy atom. The van der Waals surface area contributed by atoms with E-state index in [0.717, 1.165) is 35.6 Å². The number of aryl methyl sites for hydroxylation is 1. The third kappa shape index (κ3) is 2.32. The lowest BCUT2D eigenvalue weighted by Crippen LogP contribution is -2.05. The molecule has 1 aliphatic heterocycles. The van der Waals surface area contributed by atoms with Crippen molar-refractivity contribution in [1.29, 1.82) is 0 Å². The summed E-state index contributed by atoms with van der Waals surface area (Å²) in [6.07, 6.45) is 0.928. The van der Waals surface area contributed by atoms with Crippen LogP contribution in [0.3, 0.4) is 0 Å². The molecule has 2 heterocycles. The van der Waals surface area contributed by atoms with Crippen LogP contribution in [-0.4, -0.2) is 11.5 Å². The molecular formula is C14H10F2OS2. The molecule has 0 atom stereocenters. The van der Waals surface area contributed by atoms with Crippen LogP contribution in [0.15, 0.2) is 24.3 Å². The Kier molecular flexibility index (Phi) is 3.41. The molecule has 0 radical (unpaired) electrons. The van der Waals surface area contributed by atoms with Gasteiger partial charge in [0.05, 0.1) is 10.4 Å². The number of fused-ring (bicyclic) bond motifs is 1. The van der Waals surface area contributed by atoms with E-state index in [2.05, 4.69) is 0 Å². The van der Waals surface area contributed by atoms with E-state index < -0.39 is 23.0 Å². The van der Waals surface area contributed by atoms with E-state index in [0.29, 0.717) is 4.88 Å². The first-order valence-corrected chi connectivity index (χ1v) is 7.82. The SMILES string of the molecule is O=C(c1cc2c(s1)CCSC2)c1c(F)cccc1F. The zero-order valence-electron chi connectivity index (χ0n) is 9.91. The third-order valence-electron chi connectivity index (χ3n) is 3.04. The number of rotatable bonds is 2. The molecule has 19 heavy (non-hydrogen) atoms. The molecule has 0 unspecified atom stereocenters. The average Bonchev–Trinajstić information content (AvgIpc) is 2.82. The number of thiophene rings is 1. The number of hydrogen-bond donors (Lipinski definition) is 0. The molecule has 0 saturated heterocycles. The molecule has 0 bridgehead atoms. The van der Waals surface area contributed by atoms with E-state index in [1.807, 2.05) is 11.8 Å². The van der Waals surface area contributed by atoms with Crippen LogP contribution in [0.25, 0.3) is 0 Å². The average molecular weight is 296 g/mol. The van der Waals surface area contributed by atoms with Crippen molar-refractivity contribution in [2.45, 2.75) is 12.2 Å². The Morgan fingerprint density at radius 2 is 1.95 bits per heavy atom. The van der Waals surface area contributed by atoms with E-state index in [1.165, 1.54) is 22.3 Å². The largest absolute Gasteiger partial charge is 0.287 e. The van der Waals surface area contributed by atoms with Crippen LogP contribution in [0.2, 0.25) is 0 Å². The Balaban J connectivity index is 2.02. The Bertz CT molecular complexity index is 605. The van der Waals surface area contributed by atoms with Crippen molar-refractivity contribution in [3.8, 4) is 0 Å². The van der Waals surface area contributed by atoms with E-state index in [-0.39, 0.29) is 0 Å². The van der Waals surface area contributed by atoms with E-state index >= 15 is 0 Å². The van der Waals surface area contributed by atoms with Crippen LogP contribution in [0, 0.1) is 11.6 Å². The fourth-order valence-electron chi connectivity index (χ4n) is 2.10. The van der Waals surface area contributed by atoms with Crippen LogP contribution in [-0.2, 0) is 12.2 Å².